The molecule has 0 atom stereocenters. The van der Waals surface area contributed by atoms with Gasteiger partial charge in [-0.15, -0.1) is 5.10 Å². The molecule has 5 heteroatoms. The molecule has 0 spiro atoms. The van der Waals surface area contributed by atoms with E-state index in [1.807, 2.05) is 10.9 Å². The number of nitrogens with two attached hydrogens (primary N) is 1. The summed E-state index contributed by atoms with van der Waals surface area (Å²) in [6, 6.07) is 9.23. The second-order valence-electron chi connectivity index (χ2n) is 5.41. The van der Waals surface area contributed by atoms with E-state index in [9.17, 15) is 0 Å². The number of aromatic nitrogens is 3. The molecule has 1 saturated heterocycles. The predicted octanol–water partition coefficient (Wildman–Crippen LogP) is 1.45. The van der Waals surface area contributed by atoms with Crippen molar-refractivity contribution >= 4 is 5.69 Å². The largest absolute Gasteiger partial charge is 0.371 e. The van der Waals surface area contributed by atoms with Gasteiger partial charge in [-0.3, -0.25) is 4.68 Å². The first-order chi connectivity index (χ1) is 9.81. The third kappa shape index (κ3) is 3.17. The number of hydrogen-bond donors (Lipinski definition) is 1. The molecule has 0 aliphatic carbocycles. The van der Waals surface area contributed by atoms with E-state index in [1.54, 1.807) is 6.20 Å². The lowest BCUT2D eigenvalue weighted by molar-refractivity contribution is 0.501. The smallest absolute Gasteiger partial charge is 0.0692 e. The van der Waals surface area contributed by atoms with E-state index >= 15 is 0 Å². The molecule has 0 amide bonds. The number of rotatable bonds is 4. The molecule has 1 aromatic heterocycles. The van der Waals surface area contributed by atoms with E-state index in [0.717, 1.165) is 38.9 Å². The van der Waals surface area contributed by atoms with Crippen molar-refractivity contribution < 1.29 is 0 Å². The Hall–Kier alpha value is -1.88. The highest BCUT2D eigenvalue weighted by Crippen LogP contribution is 2.20. The molecular weight excluding hydrogens is 250 g/mol. The van der Waals surface area contributed by atoms with E-state index in [1.165, 1.54) is 11.3 Å². The lowest BCUT2D eigenvalue weighted by Gasteiger charge is -2.32. The van der Waals surface area contributed by atoms with Crippen LogP contribution in [0.3, 0.4) is 0 Å². The van der Waals surface area contributed by atoms with Crippen LogP contribution in [0, 0.1) is 0 Å². The molecule has 106 valence electrons. The fourth-order valence-corrected chi connectivity index (χ4v) is 2.63. The fraction of sp³-hybridized carbons (Fsp3) is 0.467. The Morgan fingerprint density at radius 3 is 2.55 bits per heavy atom. The van der Waals surface area contributed by atoms with Gasteiger partial charge in [0.2, 0.25) is 0 Å². The summed E-state index contributed by atoms with van der Waals surface area (Å²) < 4.78 is 1.86. The van der Waals surface area contributed by atoms with Crippen LogP contribution in [0.1, 0.15) is 18.4 Å². The van der Waals surface area contributed by atoms with Crippen LogP contribution >= 0.6 is 0 Å². The zero-order valence-corrected chi connectivity index (χ0v) is 11.7. The topological polar surface area (TPSA) is 60.0 Å². The molecule has 20 heavy (non-hydrogen) atoms. The highest BCUT2D eigenvalue weighted by molar-refractivity contribution is 5.48. The normalized spacial score (nSPS) is 16.6. The molecule has 0 radical (unpaired) electrons. The Labute approximate surface area is 119 Å². The van der Waals surface area contributed by atoms with Crippen LogP contribution in [0.5, 0.6) is 0 Å². The van der Waals surface area contributed by atoms with Crippen molar-refractivity contribution in [3.8, 4) is 0 Å². The minimum atomic E-state index is 0.383. The Kier molecular flexibility index (Phi) is 3.97. The number of hydrogen-bond acceptors (Lipinski definition) is 4. The predicted molar refractivity (Wildman–Crippen MR) is 79.6 cm³/mol. The Bertz CT molecular complexity index is 512. The van der Waals surface area contributed by atoms with Crippen molar-refractivity contribution in [1.82, 2.24) is 15.0 Å². The summed E-state index contributed by atoms with van der Waals surface area (Å²) in [5, 5.41) is 7.79. The maximum Gasteiger partial charge on any atom is 0.0692 e. The lowest BCUT2D eigenvalue weighted by atomic mass is 10.0. The molecule has 0 bridgehead atoms. The van der Waals surface area contributed by atoms with Gasteiger partial charge in [0.05, 0.1) is 6.20 Å². The molecule has 2 aromatic rings. The summed E-state index contributed by atoms with van der Waals surface area (Å²) in [6.45, 7) is 3.01. The number of piperidine rings is 1. The van der Waals surface area contributed by atoms with Crippen molar-refractivity contribution in [1.29, 1.82) is 0 Å². The van der Waals surface area contributed by atoms with Crippen molar-refractivity contribution in [3.63, 3.8) is 0 Å². The summed E-state index contributed by atoms with van der Waals surface area (Å²) in [5.74, 6) is 0. The van der Waals surface area contributed by atoms with Gasteiger partial charge in [-0.2, -0.15) is 0 Å². The summed E-state index contributed by atoms with van der Waals surface area (Å²) >= 11 is 0. The molecular formula is C15H21N5. The van der Waals surface area contributed by atoms with Crippen LogP contribution < -0.4 is 10.6 Å². The van der Waals surface area contributed by atoms with Crippen molar-refractivity contribution in [2.45, 2.75) is 31.8 Å². The molecule has 1 fully saturated rings. The second-order valence-corrected chi connectivity index (χ2v) is 5.41. The van der Waals surface area contributed by atoms with Gasteiger partial charge >= 0.3 is 0 Å². The van der Waals surface area contributed by atoms with Crippen LogP contribution in [0.15, 0.2) is 36.7 Å². The molecule has 3 rings (SSSR count). The van der Waals surface area contributed by atoms with E-state index < -0.39 is 0 Å². The first-order valence-electron chi connectivity index (χ1n) is 7.25. The van der Waals surface area contributed by atoms with E-state index in [4.69, 9.17) is 5.73 Å². The lowest BCUT2D eigenvalue weighted by Crippen LogP contribution is -2.39. The number of aryl methyl sites for hydroxylation is 2. The first kappa shape index (κ1) is 13.1. The van der Waals surface area contributed by atoms with Gasteiger partial charge in [0, 0.05) is 37.6 Å². The van der Waals surface area contributed by atoms with Gasteiger partial charge in [0.25, 0.3) is 0 Å². The van der Waals surface area contributed by atoms with Gasteiger partial charge in [-0.1, -0.05) is 17.3 Å². The quantitative estimate of drug-likeness (QED) is 0.914. The second kappa shape index (κ2) is 6.05. The molecule has 2 heterocycles. The van der Waals surface area contributed by atoms with Gasteiger partial charge in [0.1, 0.15) is 0 Å². The Morgan fingerprint density at radius 2 is 1.90 bits per heavy atom. The van der Waals surface area contributed by atoms with Crippen LogP contribution in [0.25, 0.3) is 0 Å². The molecule has 0 saturated carbocycles. The molecule has 5 nitrogen and oxygen atoms in total. The summed E-state index contributed by atoms with van der Waals surface area (Å²) in [5.41, 5.74) is 8.58. The highest BCUT2D eigenvalue weighted by atomic mass is 15.4. The standard InChI is InChI=1S/C15H21N5/c16-14-6-9-19(10-7-14)15-3-1-13(2-4-15)5-11-20-12-8-17-18-20/h1-4,8,12,14H,5-7,9-11,16H2. The van der Waals surface area contributed by atoms with E-state index in [-0.39, 0.29) is 0 Å². The van der Waals surface area contributed by atoms with Crippen LogP contribution in [0.4, 0.5) is 5.69 Å². The van der Waals surface area contributed by atoms with Crippen LogP contribution in [0.2, 0.25) is 0 Å². The SMILES string of the molecule is NC1CCN(c2ccc(CCn3ccnn3)cc2)CC1. The third-order valence-electron chi connectivity index (χ3n) is 3.94. The molecule has 2 N–H and O–H groups in total. The number of nitrogens with zero attached hydrogens (tertiary/aromatic N) is 4. The zero-order chi connectivity index (χ0) is 13.8. The van der Waals surface area contributed by atoms with Gasteiger partial charge in [-0.25, -0.2) is 0 Å². The molecule has 1 aromatic carbocycles. The van der Waals surface area contributed by atoms with Gasteiger partial charge in [-0.05, 0) is 37.0 Å². The Morgan fingerprint density at radius 1 is 1.15 bits per heavy atom. The highest BCUT2D eigenvalue weighted by Gasteiger charge is 2.15. The van der Waals surface area contributed by atoms with E-state index in [0.29, 0.717) is 6.04 Å². The molecule has 1 aliphatic rings. The number of benzene rings is 1. The third-order valence-corrected chi connectivity index (χ3v) is 3.94. The molecule has 1 aliphatic heterocycles. The van der Waals surface area contributed by atoms with Crippen molar-refractivity contribution in [2.75, 3.05) is 18.0 Å². The van der Waals surface area contributed by atoms with E-state index in [2.05, 4.69) is 39.5 Å². The average Bonchev–Trinajstić information content (AvgIpc) is 3.00. The van der Waals surface area contributed by atoms with Crippen molar-refractivity contribution in [3.05, 3.63) is 42.2 Å². The van der Waals surface area contributed by atoms with Gasteiger partial charge < -0.3 is 10.6 Å². The fourth-order valence-electron chi connectivity index (χ4n) is 2.63. The monoisotopic (exact) mass is 271 g/mol. The van der Waals surface area contributed by atoms with Crippen LogP contribution in [-0.2, 0) is 13.0 Å². The Balaban J connectivity index is 1.57. The minimum Gasteiger partial charge on any atom is -0.371 e. The average molecular weight is 271 g/mol. The van der Waals surface area contributed by atoms with Crippen LogP contribution in [-0.4, -0.2) is 34.1 Å². The first-order valence-corrected chi connectivity index (χ1v) is 7.25. The number of anilines is 1. The summed E-state index contributed by atoms with van der Waals surface area (Å²) in [7, 11) is 0. The summed E-state index contributed by atoms with van der Waals surface area (Å²) in [4.78, 5) is 2.42. The zero-order valence-electron chi connectivity index (χ0n) is 11.7. The molecule has 0 unspecified atom stereocenters. The van der Waals surface area contributed by atoms with Gasteiger partial charge in [0.15, 0.2) is 0 Å². The maximum atomic E-state index is 5.95. The summed E-state index contributed by atoms with van der Waals surface area (Å²) in [6.07, 6.45) is 6.77. The maximum absolute atomic E-state index is 5.95. The minimum absolute atomic E-state index is 0.383. The van der Waals surface area contributed by atoms with Crippen molar-refractivity contribution in [2.24, 2.45) is 5.73 Å².